The molecule has 0 aliphatic rings. The average molecular weight is 494 g/mol. The predicted molar refractivity (Wildman–Crippen MR) is 116 cm³/mol. The number of halogens is 1. The van der Waals surface area contributed by atoms with E-state index in [9.17, 15) is 24.5 Å². The van der Waals surface area contributed by atoms with Crippen molar-refractivity contribution in [3.63, 3.8) is 0 Å². The van der Waals surface area contributed by atoms with Crippen LogP contribution in [0.5, 0.6) is 5.75 Å². The summed E-state index contributed by atoms with van der Waals surface area (Å²) in [5.41, 5.74) is 1.06. The molecule has 0 heterocycles. The van der Waals surface area contributed by atoms with Gasteiger partial charge in [0.2, 0.25) is 5.91 Å². The lowest BCUT2D eigenvalue weighted by atomic mass is 10.2. The Morgan fingerprint density at radius 2 is 1.74 bits per heavy atom. The molecule has 0 bridgehead atoms. The summed E-state index contributed by atoms with van der Waals surface area (Å²) < 4.78 is 10.7. The smallest absolute Gasteiger partial charge is 0.306 e. The third kappa shape index (κ3) is 7.37. The number of carbonyl (C=O) groups is 3. The predicted octanol–water partition coefficient (Wildman–Crippen LogP) is 3.57. The van der Waals surface area contributed by atoms with Crippen LogP contribution in [0.3, 0.4) is 0 Å². The molecule has 164 valence electrons. The van der Waals surface area contributed by atoms with E-state index in [2.05, 4.69) is 26.6 Å². The van der Waals surface area contributed by atoms with Crippen molar-refractivity contribution in [1.29, 1.82) is 0 Å². The Morgan fingerprint density at radius 1 is 1.03 bits per heavy atom. The quantitative estimate of drug-likeness (QED) is 0.309. The SMILES string of the molecule is COc1ccc([N+](=O)[O-])c(NC(=O)COC(=O)CCC(=O)Nc2ccc(Br)cc2C)c1. The molecule has 0 atom stereocenters. The van der Waals surface area contributed by atoms with Gasteiger partial charge in [0.15, 0.2) is 6.61 Å². The van der Waals surface area contributed by atoms with E-state index in [1.54, 1.807) is 12.1 Å². The Bertz CT molecular complexity index is 1010. The zero-order valence-corrected chi connectivity index (χ0v) is 18.4. The summed E-state index contributed by atoms with van der Waals surface area (Å²) >= 11 is 3.33. The number of hydrogen-bond donors (Lipinski definition) is 2. The van der Waals surface area contributed by atoms with Gasteiger partial charge in [-0.15, -0.1) is 0 Å². The van der Waals surface area contributed by atoms with E-state index in [0.717, 1.165) is 10.0 Å². The molecule has 31 heavy (non-hydrogen) atoms. The summed E-state index contributed by atoms with van der Waals surface area (Å²) in [6.07, 6.45) is -0.356. The number of ether oxygens (including phenoxy) is 2. The Kier molecular flexibility index (Phi) is 8.50. The fraction of sp³-hybridized carbons (Fsp3) is 0.250. The zero-order valence-electron chi connectivity index (χ0n) is 16.8. The van der Waals surface area contributed by atoms with E-state index in [1.165, 1.54) is 25.3 Å². The highest BCUT2D eigenvalue weighted by atomic mass is 79.9. The second kappa shape index (κ2) is 11.1. The number of nitrogens with zero attached hydrogens (tertiary/aromatic N) is 1. The average Bonchev–Trinajstić information content (AvgIpc) is 2.72. The van der Waals surface area contributed by atoms with Crippen LogP contribution in [0, 0.1) is 17.0 Å². The van der Waals surface area contributed by atoms with Crippen LogP contribution in [-0.4, -0.2) is 36.4 Å². The molecule has 2 amide bonds. The molecule has 0 saturated carbocycles. The van der Waals surface area contributed by atoms with Crippen LogP contribution in [0.4, 0.5) is 17.1 Å². The third-order valence-electron chi connectivity index (χ3n) is 4.06. The van der Waals surface area contributed by atoms with Gasteiger partial charge in [-0.2, -0.15) is 0 Å². The van der Waals surface area contributed by atoms with E-state index in [1.807, 2.05) is 13.0 Å². The standard InChI is InChI=1S/C20H20BrN3O7/c1-12-9-13(21)3-5-15(12)22-18(25)7-8-20(27)31-11-19(26)23-16-10-14(30-2)4-6-17(16)24(28)29/h3-6,9-10H,7-8,11H2,1-2H3,(H,22,25)(H,23,26). The van der Waals surface area contributed by atoms with Gasteiger partial charge in [0.1, 0.15) is 11.4 Å². The molecule has 0 aliphatic carbocycles. The van der Waals surface area contributed by atoms with Crippen molar-refractivity contribution in [1.82, 2.24) is 0 Å². The first kappa shape index (κ1) is 23.8. The van der Waals surface area contributed by atoms with Gasteiger partial charge in [-0.3, -0.25) is 24.5 Å². The van der Waals surface area contributed by atoms with Crippen LogP contribution in [0.25, 0.3) is 0 Å². The van der Waals surface area contributed by atoms with Crippen LogP contribution in [0.1, 0.15) is 18.4 Å². The van der Waals surface area contributed by atoms with Gasteiger partial charge in [-0.25, -0.2) is 0 Å². The minimum Gasteiger partial charge on any atom is -0.497 e. The number of aryl methyl sites for hydroxylation is 1. The molecule has 10 nitrogen and oxygen atoms in total. The first-order valence-corrected chi connectivity index (χ1v) is 9.83. The fourth-order valence-corrected chi connectivity index (χ4v) is 2.98. The van der Waals surface area contributed by atoms with Crippen molar-refractivity contribution in [2.24, 2.45) is 0 Å². The number of carbonyl (C=O) groups excluding carboxylic acids is 3. The molecule has 0 aliphatic heterocycles. The van der Waals surface area contributed by atoms with E-state index < -0.39 is 23.4 Å². The van der Waals surface area contributed by atoms with E-state index in [-0.39, 0.29) is 30.1 Å². The monoisotopic (exact) mass is 493 g/mol. The fourth-order valence-electron chi connectivity index (χ4n) is 2.50. The van der Waals surface area contributed by atoms with Crippen molar-refractivity contribution in [2.45, 2.75) is 19.8 Å². The highest BCUT2D eigenvalue weighted by Gasteiger charge is 2.18. The summed E-state index contributed by atoms with van der Waals surface area (Å²) in [5, 5.41) is 16.1. The number of anilines is 2. The highest BCUT2D eigenvalue weighted by Crippen LogP contribution is 2.28. The first-order valence-electron chi connectivity index (χ1n) is 9.03. The molecular formula is C20H20BrN3O7. The minimum absolute atomic E-state index is 0.0883. The lowest BCUT2D eigenvalue weighted by Crippen LogP contribution is -2.22. The number of nitro benzene ring substituents is 1. The number of hydrogen-bond acceptors (Lipinski definition) is 7. The second-order valence-corrected chi connectivity index (χ2v) is 7.27. The van der Waals surface area contributed by atoms with E-state index >= 15 is 0 Å². The van der Waals surface area contributed by atoms with Crippen LogP contribution in [-0.2, 0) is 19.1 Å². The van der Waals surface area contributed by atoms with Crippen molar-refractivity contribution in [2.75, 3.05) is 24.4 Å². The molecule has 0 unspecified atom stereocenters. The van der Waals surface area contributed by atoms with Crippen molar-refractivity contribution in [3.8, 4) is 5.75 Å². The van der Waals surface area contributed by atoms with Crippen LogP contribution >= 0.6 is 15.9 Å². The Labute approximate surface area is 186 Å². The molecule has 0 saturated heterocycles. The number of rotatable bonds is 9. The summed E-state index contributed by atoms with van der Waals surface area (Å²) in [7, 11) is 1.38. The number of benzene rings is 2. The summed E-state index contributed by atoms with van der Waals surface area (Å²) in [5.74, 6) is -1.58. The van der Waals surface area contributed by atoms with Gasteiger partial charge in [0, 0.05) is 28.7 Å². The van der Waals surface area contributed by atoms with E-state index in [4.69, 9.17) is 9.47 Å². The number of methoxy groups -OCH3 is 1. The molecule has 0 spiro atoms. The van der Waals surface area contributed by atoms with Crippen LogP contribution in [0.15, 0.2) is 40.9 Å². The second-order valence-electron chi connectivity index (χ2n) is 6.36. The van der Waals surface area contributed by atoms with Gasteiger partial charge in [-0.05, 0) is 36.8 Å². The largest absolute Gasteiger partial charge is 0.497 e. The molecule has 2 N–H and O–H groups in total. The maximum absolute atomic E-state index is 12.0. The van der Waals surface area contributed by atoms with Gasteiger partial charge in [0.25, 0.3) is 11.6 Å². The molecular weight excluding hydrogens is 474 g/mol. The maximum atomic E-state index is 12.0. The maximum Gasteiger partial charge on any atom is 0.306 e. The third-order valence-corrected chi connectivity index (χ3v) is 4.55. The van der Waals surface area contributed by atoms with E-state index in [0.29, 0.717) is 11.4 Å². The summed E-state index contributed by atoms with van der Waals surface area (Å²) in [6, 6.07) is 9.21. The molecule has 2 rings (SSSR count). The lowest BCUT2D eigenvalue weighted by Gasteiger charge is -2.10. The Hall–Kier alpha value is -3.47. The molecule has 0 aromatic heterocycles. The summed E-state index contributed by atoms with van der Waals surface area (Å²) in [4.78, 5) is 46.3. The highest BCUT2D eigenvalue weighted by molar-refractivity contribution is 9.10. The molecule has 2 aromatic rings. The number of nitro groups is 1. The molecule has 0 fully saturated rings. The number of esters is 1. The normalized spacial score (nSPS) is 10.2. The number of nitrogens with one attached hydrogen (secondary N) is 2. The van der Waals surface area contributed by atoms with Gasteiger partial charge in [0.05, 0.1) is 18.5 Å². The minimum atomic E-state index is -0.764. The lowest BCUT2D eigenvalue weighted by molar-refractivity contribution is -0.383. The van der Waals surface area contributed by atoms with Crippen molar-refractivity contribution < 1.29 is 28.8 Å². The molecule has 11 heteroatoms. The molecule has 2 aromatic carbocycles. The number of amides is 2. The molecule has 0 radical (unpaired) electrons. The topological polar surface area (TPSA) is 137 Å². The van der Waals surface area contributed by atoms with Crippen molar-refractivity contribution in [3.05, 3.63) is 56.5 Å². The Morgan fingerprint density at radius 3 is 2.39 bits per heavy atom. The van der Waals surface area contributed by atoms with Crippen LogP contribution < -0.4 is 15.4 Å². The van der Waals surface area contributed by atoms with Gasteiger partial charge < -0.3 is 20.1 Å². The van der Waals surface area contributed by atoms with Crippen LogP contribution in [0.2, 0.25) is 0 Å². The van der Waals surface area contributed by atoms with Crippen molar-refractivity contribution >= 4 is 50.8 Å². The van der Waals surface area contributed by atoms with Gasteiger partial charge >= 0.3 is 5.97 Å². The zero-order chi connectivity index (χ0) is 23.0. The summed E-state index contributed by atoms with van der Waals surface area (Å²) in [6.45, 7) is 1.18. The van der Waals surface area contributed by atoms with Gasteiger partial charge in [-0.1, -0.05) is 15.9 Å². The first-order chi connectivity index (χ1) is 14.7. The Balaban J connectivity index is 1.81.